The van der Waals surface area contributed by atoms with E-state index in [2.05, 4.69) is 19.5 Å². The lowest BCUT2D eigenvalue weighted by Gasteiger charge is -2.12. The fourth-order valence-electron chi connectivity index (χ4n) is 3.13. The molecule has 0 saturated heterocycles. The lowest BCUT2D eigenvalue weighted by Crippen LogP contribution is -2.23. The summed E-state index contributed by atoms with van der Waals surface area (Å²) in [6, 6.07) is 16.8. The van der Waals surface area contributed by atoms with Gasteiger partial charge in [-0.3, -0.25) is 4.79 Å². The molecule has 1 amide bonds. The SMILES string of the molecule is COC(=O)c1cc(NC(=O)COc2ccc(S(=O)(=O)NCc3ccccc3)cc2Cl)cc(C(=O)OC)c1. The highest BCUT2D eigenvalue weighted by molar-refractivity contribution is 7.89. The molecule has 0 aliphatic heterocycles. The second-order valence-corrected chi connectivity index (χ2v) is 9.70. The number of amides is 1. The van der Waals surface area contributed by atoms with Gasteiger partial charge in [0.05, 0.1) is 35.3 Å². The van der Waals surface area contributed by atoms with E-state index >= 15 is 0 Å². The van der Waals surface area contributed by atoms with E-state index in [1.807, 2.05) is 6.07 Å². The second-order valence-electron chi connectivity index (χ2n) is 7.52. The zero-order valence-electron chi connectivity index (χ0n) is 19.8. The third-order valence-corrected chi connectivity index (χ3v) is 6.63. The predicted octanol–water partition coefficient (Wildman–Crippen LogP) is 3.41. The summed E-state index contributed by atoms with van der Waals surface area (Å²) in [5.41, 5.74) is 0.984. The van der Waals surface area contributed by atoms with Gasteiger partial charge in [-0.15, -0.1) is 0 Å². The van der Waals surface area contributed by atoms with Crippen molar-refractivity contribution in [3.63, 3.8) is 0 Å². The summed E-state index contributed by atoms with van der Waals surface area (Å²) in [4.78, 5) is 36.2. The molecular formula is C25H23ClN2O8S. The van der Waals surface area contributed by atoms with Crippen LogP contribution in [0.15, 0.2) is 71.6 Å². The number of esters is 2. The van der Waals surface area contributed by atoms with Crippen LogP contribution in [-0.2, 0) is 30.8 Å². The molecule has 3 aromatic rings. The highest BCUT2D eigenvalue weighted by atomic mass is 35.5. The van der Waals surface area contributed by atoms with Crippen LogP contribution in [0.4, 0.5) is 5.69 Å². The van der Waals surface area contributed by atoms with Gasteiger partial charge >= 0.3 is 11.9 Å². The fourth-order valence-corrected chi connectivity index (χ4v) is 4.48. The number of carbonyl (C=O) groups excluding carboxylic acids is 3. The summed E-state index contributed by atoms with van der Waals surface area (Å²) in [6.07, 6.45) is 0. The first kappa shape index (κ1) is 27.7. The molecular weight excluding hydrogens is 524 g/mol. The maximum absolute atomic E-state index is 12.6. The van der Waals surface area contributed by atoms with Crippen molar-refractivity contribution in [3.8, 4) is 5.75 Å². The van der Waals surface area contributed by atoms with Crippen LogP contribution in [0.3, 0.4) is 0 Å². The molecule has 0 fully saturated rings. The van der Waals surface area contributed by atoms with E-state index in [1.165, 1.54) is 50.6 Å². The number of anilines is 1. The minimum absolute atomic E-state index is 0.0175. The monoisotopic (exact) mass is 546 g/mol. The summed E-state index contributed by atoms with van der Waals surface area (Å²) in [7, 11) is -1.48. The van der Waals surface area contributed by atoms with E-state index in [-0.39, 0.29) is 39.0 Å². The van der Waals surface area contributed by atoms with Crippen molar-refractivity contribution in [2.45, 2.75) is 11.4 Å². The first-order valence-electron chi connectivity index (χ1n) is 10.7. The summed E-state index contributed by atoms with van der Waals surface area (Å²) in [5.74, 6) is -1.97. The maximum atomic E-state index is 12.6. The molecule has 0 aromatic heterocycles. The Balaban J connectivity index is 1.65. The Morgan fingerprint density at radius 2 is 1.49 bits per heavy atom. The van der Waals surface area contributed by atoms with Crippen molar-refractivity contribution in [2.24, 2.45) is 0 Å². The number of nitrogens with one attached hydrogen (secondary N) is 2. The summed E-state index contributed by atoms with van der Waals surface area (Å²) in [6.45, 7) is -0.387. The molecule has 10 nitrogen and oxygen atoms in total. The van der Waals surface area contributed by atoms with Gasteiger partial charge in [0.1, 0.15) is 5.75 Å². The molecule has 194 valence electrons. The molecule has 0 atom stereocenters. The molecule has 3 rings (SSSR count). The Kier molecular flexibility index (Phi) is 9.23. The molecule has 0 heterocycles. The quantitative estimate of drug-likeness (QED) is 0.369. The van der Waals surface area contributed by atoms with E-state index in [1.54, 1.807) is 24.3 Å². The smallest absolute Gasteiger partial charge is 0.337 e. The Morgan fingerprint density at radius 1 is 0.865 bits per heavy atom. The van der Waals surface area contributed by atoms with Crippen molar-refractivity contribution < 1.29 is 37.0 Å². The van der Waals surface area contributed by atoms with Crippen molar-refractivity contribution >= 4 is 45.2 Å². The third-order valence-electron chi connectivity index (χ3n) is 4.94. The van der Waals surface area contributed by atoms with E-state index in [9.17, 15) is 22.8 Å². The largest absolute Gasteiger partial charge is 0.482 e. The van der Waals surface area contributed by atoms with Gasteiger partial charge in [0.2, 0.25) is 10.0 Å². The Labute approximate surface area is 218 Å². The Hall–Kier alpha value is -3.93. The molecule has 0 aliphatic rings. The van der Waals surface area contributed by atoms with Crippen LogP contribution in [0.5, 0.6) is 5.75 Å². The van der Waals surface area contributed by atoms with Crippen LogP contribution < -0.4 is 14.8 Å². The fraction of sp³-hybridized carbons (Fsp3) is 0.160. The molecule has 37 heavy (non-hydrogen) atoms. The van der Waals surface area contributed by atoms with Crippen molar-refractivity contribution in [3.05, 3.63) is 88.4 Å². The number of sulfonamides is 1. The lowest BCUT2D eigenvalue weighted by atomic mass is 10.1. The van der Waals surface area contributed by atoms with E-state index in [0.29, 0.717) is 0 Å². The van der Waals surface area contributed by atoms with Gasteiger partial charge in [0.25, 0.3) is 5.91 Å². The molecule has 0 saturated carbocycles. The topological polar surface area (TPSA) is 137 Å². The van der Waals surface area contributed by atoms with Gasteiger partial charge in [-0.05, 0) is 42.0 Å². The maximum Gasteiger partial charge on any atom is 0.337 e. The first-order chi connectivity index (χ1) is 17.6. The molecule has 0 bridgehead atoms. The number of carbonyl (C=O) groups is 3. The highest BCUT2D eigenvalue weighted by Crippen LogP contribution is 2.27. The van der Waals surface area contributed by atoms with Gasteiger partial charge in [-0.2, -0.15) is 0 Å². The zero-order chi connectivity index (χ0) is 27.0. The molecule has 0 unspecified atom stereocenters. The number of hydrogen-bond donors (Lipinski definition) is 2. The number of hydrogen-bond acceptors (Lipinski definition) is 8. The molecule has 0 radical (unpaired) electrons. The second kappa shape index (κ2) is 12.3. The molecule has 2 N–H and O–H groups in total. The minimum Gasteiger partial charge on any atom is -0.482 e. The first-order valence-corrected chi connectivity index (χ1v) is 12.6. The van der Waals surface area contributed by atoms with Crippen LogP contribution in [0.25, 0.3) is 0 Å². The molecule has 3 aromatic carbocycles. The van der Waals surface area contributed by atoms with E-state index in [4.69, 9.17) is 16.3 Å². The van der Waals surface area contributed by atoms with E-state index < -0.39 is 34.5 Å². The number of methoxy groups -OCH3 is 2. The standard InChI is InChI=1S/C25H23ClN2O8S/c1-34-24(30)17-10-18(25(31)35-2)12-19(11-17)28-23(29)15-36-22-9-8-20(13-21(22)26)37(32,33)27-14-16-6-4-3-5-7-16/h3-13,27H,14-15H2,1-2H3,(H,28,29). The van der Waals surface area contributed by atoms with Crippen LogP contribution >= 0.6 is 11.6 Å². The van der Waals surface area contributed by atoms with Gasteiger partial charge in [0, 0.05) is 12.2 Å². The summed E-state index contributed by atoms with van der Waals surface area (Å²) >= 11 is 6.19. The molecule has 0 spiro atoms. The Morgan fingerprint density at radius 3 is 2.05 bits per heavy atom. The van der Waals surface area contributed by atoms with Crippen LogP contribution in [0.1, 0.15) is 26.3 Å². The van der Waals surface area contributed by atoms with Gasteiger partial charge in [-0.1, -0.05) is 41.9 Å². The number of benzene rings is 3. The predicted molar refractivity (Wildman–Crippen MR) is 135 cm³/mol. The summed E-state index contributed by atoms with van der Waals surface area (Å²) < 4.78 is 42.4. The average Bonchev–Trinajstić information content (AvgIpc) is 2.90. The molecule has 12 heteroatoms. The van der Waals surface area contributed by atoms with E-state index in [0.717, 1.165) is 5.56 Å². The van der Waals surface area contributed by atoms with Crippen LogP contribution in [0, 0.1) is 0 Å². The lowest BCUT2D eigenvalue weighted by molar-refractivity contribution is -0.118. The molecule has 0 aliphatic carbocycles. The number of halogens is 1. The van der Waals surface area contributed by atoms with Crippen molar-refractivity contribution in [1.29, 1.82) is 0 Å². The summed E-state index contributed by atoms with van der Waals surface area (Å²) in [5, 5.41) is 2.49. The van der Waals surface area contributed by atoms with Gasteiger partial charge in [-0.25, -0.2) is 22.7 Å². The number of ether oxygens (including phenoxy) is 3. The van der Waals surface area contributed by atoms with Crippen LogP contribution in [0.2, 0.25) is 5.02 Å². The van der Waals surface area contributed by atoms with Gasteiger partial charge < -0.3 is 19.5 Å². The Bertz CT molecular complexity index is 1380. The van der Waals surface area contributed by atoms with Crippen LogP contribution in [-0.4, -0.2) is 47.1 Å². The number of rotatable bonds is 10. The zero-order valence-corrected chi connectivity index (χ0v) is 21.4. The highest BCUT2D eigenvalue weighted by Gasteiger charge is 2.18. The van der Waals surface area contributed by atoms with Crippen molar-refractivity contribution in [1.82, 2.24) is 4.72 Å². The minimum atomic E-state index is -3.84. The third kappa shape index (κ3) is 7.53. The normalized spacial score (nSPS) is 10.9. The van der Waals surface area contributed by atoms with Gasteiger partial charge in [0.15, 0.2) is 6.61 Å². The average molecular weight is 547 g/mol. The van der Waals surface area contributed by atoms with Crippen molar-refractivity contribution in [2.75, 3.05) is 26.1 Å².